The van der Waals surface area contributed by atoms with Crippen LogP contribution in [0.25, 0.3) is 0 Å². The van der Waals surface area contributed by atoms with Crippen LogP contribution in [0.1, 0.15) is 77.0 Å². The van der Waals surface area contributed by atoms with Crippen molar-refractivity contribution in [3.63, 3.8) is 0 Å². The molecule has 0 spiro atoms. The smallest absolute Gasteiger partial charge is 0.0841 e. The monoisotopic (exact) mass is 236 g/mol. The van der Waals surface area contributed by atoms with E-state index in [1.165, 1.54) is 77.0 Å². The van der Waals surface area contributed by atoms with Crippen molar-refractivity contribution in [3.05, 3.63) is 12.2 Å². The molecule has 0 N–H and O–H groups in total. The Labute approximate surface area is 107 Å². The van der Waals surface area contributed by atoms with E-state index in [1.54, 1.807) is 0 Å². The van der Waals surface area contributed by atoms with Gasteiger partial charge in [0, 0.05) is 0 Å². The molecular weight excluding hydrogens is 208 g/mol. The predicted molar refractivity (Wildman–Crippen MR) is 73.2 cm³/mol. The van der Waals surface area contributed by atoms with Gasteiger partial charge in [0.1, 0.15) is 0 Å². The summed E-state index contributed by atoms with van der Waals surface area (Å²) in [6.45, 7) is 0. The van der Waals surface area contributed by atoms with Crippen molar-refractivity contribution in [2.75, 3.05) is 0 Å². The minimum atomic E-state index is 0.641. The van der Waals surface area contributed by atoms with Crippen LogP contribution >= 0.6 is 0 Å². The van der Waals surface area contributed by atoms with Crippen LogP contribution in [-0.2, 0) is 4.74 Å². The lowest BCUT2D eigenvalue weighted by Gasteiger charge is -2.01. The number of hydrogen-bond acceptors (Lipinski definition) is 1. The summed E-state index contributed by atoms with van der Waals surface area (Å²) in [4.78, 5) is 0. The van der Waals surface area contributed by atoms with Gasteiger partial charge < -0.3 is 4.74 Å². The van der Waals surface area contributed by atoms with Crippen molar-refractivity contribution in [1.29, 1.82) is 0 Å². The largest absolute Gasteiger partial charge is 0.370 e. The van der Waals surface area contributed by atoms with Crippen molar-refractivity contribution in [3.8, 4) is 0 Å². The molecule has 2 rings (SSSR count). The van der Waals surface area contributed by atoms with E-state index in [9.17, 15) is 0 Å². The van der Waals surface area contributed by atoms with E-state index in [-0.39, 0.29) is 0 Å². The maximum Gasteiger partial charge on any atom is 0.0841 e. The maximum absolute atomic E-state index is 5.73. The van der Waals surface area contributed by atoms with E-state index in [4.69, 9.17) is 4.74 Å². The molecule has 0 saturated carbocycles. The van der Waals surface area contributed by atoms with Gasteiger partial charge in [-0.2, -0.15) is 0 Å². The molecule has 98 valence electrons. The molecule has 2 unspecified atom stereocenters. The molecule has 1 saturated heterocycles. The molecule has 1 heteroatoms. The minimum Gasteiger partial charge on any atom is -0.370 e. The van der Waals surface area contributed by atoms with E-state index in [2.05, 4.69) is 12.2 Å². The van der Waals surface area contributed by atoms with Crippen LogP contribution in [0.15, 0.2) is 12.2 Å². The predicted octanol–water partition coefficient (Wildman–Crippen LogP) is 5.00. The summed E-state index contributed by atoms with van der Waals surface area (Å²) in [6, 6.07) is 0. The highest BCUT2D eigenvalue weighted by atomic mass is 16.6. The van der Waals surface area contributed by atoms with E-state index in [0.29, 0.717) is 12.2 Å². The van der Waals surface area contributed by atoms with Crippen LogP contribution in [0.4, 0.5) is 0 Å². The van der Waals surface area contributed by atoms with Crippen LogP contribution in [0.5, 0.6) is 0 Å². The van der Waals surface area contributed by atoms with Crippen LogP contribution < -0.4 is 0 Å². The van der Waals surface area contributed by atoms with Gasteiger partial charge in [0.05, 0.1) is 12.2 Å². The van der Waals surface area contributed by atoms with Crippen molar-refractivity contribution >= 4 is 0 Å². The summed E-state index contributed by atoms with van der Waals surface area (Å²) >= 11 is 0. The molecule has 2 aliphatic rings. The Morgan fingerprint density at radius 3 is 1.59 bits per heavy atom. The van der Waals surface area contributed by atoms with Gasteiger partial charge in [-0.15, -0.1) is 0 Å². The second kappa shape index (κ2) is 7.92. The molecular formula is C16H28O. The third kappa shape index (κ3) is 5.72. The number of hydrogen-bond donors (Lipinski definition) is 0. The highest BCUT2D eigenvalue weighted by Gasteiger charge is 2.36. The number of allylic oxidation sites excluding steroid dienone is 2. The standard InChI is InChI=1S/C16H28O/c1-2-4-6-8-10-12-14-16-15(17-16)13-11-9-7-5-3-1/h1-2,15-16H,3-14H2/b2-1-. The fourth-order valence-electron chi connectivity index (χ4n) is 2.85. The van der Waals surface area contributed by atoms with Crippen LogP contribution in [-0.4, -0.2) is 12.2 Å². The maximum atomic E-state index is 5.73. The average Bonchev–Trinajstić information content (AvgIpc) is 3.07. The Kier molecular flexibility index (Phi) is 6.12. The summed E-state index contributed by atoms with van der Waals surface area (Å²) < 4.78 is 5.73. The molecule has 1 aliphatic heterocycles. The molecule has 2 atom stereocenters. The second-order valence-electron chi connectivity index (χ2n) is 5.67. The summed E-state index contributed by atoms with van der Waals surface area (Å²) in [7, 11) is 0. The van der Waals surface area contributed by atoms with Crippen LogP contribution in [0.2, 0.25) is 0 Å². The van der Waals surface area contributed by atoms with Crippen LogP contribution in [0.3, 0.4) is 0 Å². The first-order chi connectivity index (χ1) is 8.47. The molecule has 1 nitrogen and oxygen atoms in total. The number of ether oxygens (including phenoxy) is 1. The lowest BCUT2D eigenvalue weighted by Crippen LogP contribution is -1.95. The SMILES string of the molecule is C1=C\CCCCCCC2OC2CCCCCC/1. The zero-order chi connectivity index (χ0) is 11.8. The van der Waals surface area contributed by atoms with Gasteiger partial charge in [0.2, 0.25) is 0 Å². The second-order valence-corrected chi connectivity index (χ2v) is 5.67. The molecule has 1 heterocycles. The molecule has 17 heavy (non-hydrogen) atoms. The first kappa shape index (κ1) is 13.1. The molecule has 0 aromatic carbocycles. The zero-order valence-corrected chi connectivity index (χ0v) is 11.2. The Balaban J connectivity index is 1.63. The van der Waals surface area contributed by atoms with Crippen molar-refractivity contribution < 1.29 is 4.74 Å². The lowest BCUT2D eigenvalue weighted by molar-refractivity contribution is 0.348. The van der Waals surface area contributed by atoms with Gasteiger partial charge in [-0.25, -0.2) is 0 Å². The Hall–Kier alpha value is -0.300. The van der Waals surface area contributed by atoms with E-state index >= 15 is 0 Å². The summed E-state index contributed by atoms with van der Waals surface area (Å²) in [6.07, 6.45) is 22.4. The van der Waals surface area contributed by atoms with Gasteiger partial charge in [-0.1, -0.05) is 50.7 Å². The van der Waals surface area contributed by atoms with Crippen molar-refractivity contribution in [2.24, 2.45) is 0 Å². The van der Waals surface area contributed by atoms with Gasteiger partial charge in [0.25, 0.3) is 0 Å². The molecule has 0 amide bonds. The Bertz CT molecular complexity index is 200. The highest BCUT2D eigenvalue weighted by molar-refractivity contribution is 4.85. The molecule has 0 aromatic rings. The summed E-state index contributed by atoms with van der Waals surface area (Å²) in [5.74, 6) is 0. The number of rotatable bonds is 0. The molecule has 0 bridgehead atoms. The zero-order valence-electron chi connectivity index (χ0n) is 11.2. The summed E-state index contributed by atoms with van der Waals surface area (Å²) in [5.41, 5.74) is 0. The number of epoxide rings is 1. The van der Waals surface area contributed by atoms with E-state index in [1.807, 2.05) is 0 Å². The van der Waals surface area contributed by atoms with Crippen LogP contribution in [0, 0.1) is 0 Å². The van der Waals surface area contributed by atoms with Gasteiger partial charge in [-0.05, 0) is 38.5 Å². The first-order valence-electron chi connectivity index (χ1n) is 7.77. The Morgan fingerprint density at radius 1 is 0.588 bits per heavy atom. The quantitative estimate of drug-likeness (QED) is 0.425. The fraction of sp³-hybridized carbons (Fsp3) is 0.875. The van der Waals surface area contributed by atoms with Gasteiger partial charge >= 0.3 is 0 Å². The van der Waals surface area contributed by atoms with E-state index < -0.39 is 0 Å². The summed E-state index contributed by atoms with van der Waals surface area (Å²) in [5, 5.41) is 0. The molecule has 0 aromatic heterocycles. The molecule has 1 aliphatic carbocycles. The third-order valence-electron chi connectivity index (χ3n) is 4.07. The lowest BCUT2D eigenvalue weighted by atomic mass is 10.0. The first-order valence-corrected chi connectivity index (χ1v) is 7.77. The van der Waals surface area contributed by atoms with Crippen molar-refractivity contribution in [1.82, 2.24) is 0 Å². The topological polar surface area (TPSA) is 12.5 Å². The average molecular weight is 236 g/mol. The molecule has 1 fully saturated rings. The third-order valence-corrected chi connectivity index (χ3v) is 4.07. The van der Waals surface area contributed by atoms with Gasteiger partial charge in [-0.3, -0.25) is 0 Å². The fourth-order valence-corrected chi connectivity index (χ4v) is 2.85. The number of fused-ring (bicyclic) bond motifs is 1. The Morgan fingerprint density at radius 2 is 1.06 bits per heavy atom. The van der Waals surface area contributed by atoms with Gasteiger partial charge in [0.15, 0.2) is 0 Å². The van der Waals surface area contributed by atoms with Crippen molar-refractivity contribution in [2.45, 2.75) is 89.3 Å². The normalized spacial score (nSPS) is 34.8. The minimum absolute atomic E-state index is 0.641. The molecule has 0 radical (unpaired) electrons. The van der Waals surface area contributed by atoms with E-state index in [0.717, 1.165) is 0 Å². The highest BCUT2D eigenvalue weighted by Crippen LogP contribution is 2.31.